The molecule has 0 unspecified atom stereocenters. The van der Waals surface area contributed by atoms with Crippen molar-refractivity contribution in [2.45, 2.75) is 19.1 Å². The second-order valence-electron chi connectivity index (χ2n) is 5.37. The molecule has 2 aromatic rings. The molecule has 18 heavy (non-hydrogen) atoms. The van der Waals surface area contributed by atoms with Crippen molar-refractivity contribution in [2.75, 3.05) is 0 Å². The molecule has 1 heteroatoms. The molecule has 0 aromatic heterocycles. The average molecular weight is 252 g/mol. The van der Waals surface area contributed by atoms with E-state index in [0.717, 1.165) is 0 Å². The van der Waals surface area contributed by atoms with Gasteiger partial charge in [-0.1, -0.05) is 91.1 Å². The highest BCUT2D eigenvalue weighted by Gasteiger charge is 2.23. The number of benzene rings is 2. The lowest BCUT2D eigenvalue weighted by molar-refractivity contribution is 1.32. The molecule has 0 aliphatic heterocycles. The predicted octanol–water partition coefficient (Wildman–Crippen LogP) is 4.03. The molecular weight excluding hydrogens is 232 g/mol. The van der Waals surface area contributed by atoms with E-state index in [-0.39, 0.29) is 0 Å². The van der Waals surface area contributed by atoms with E-state index in [9.17, 15) is 0 Å². The molecule has 0 aliphatic carbocycles. The Morgan fingerprint density at radius 3 is 2.11 bits per heavy atom. The largest absolute Gasteiger partial charge is 0.0985 e. The highest BCUT2D eigenvalue weighted by molar-refractivity contribution is 6.89. The van der Waals surface area contributed by atoms with Gasteiger partial charge >= 0.3 is 0 Å². The second kappa shape index (κ2) is 5.36. The molecule has 0 saturated heterocycles. The molecule has 0 saturated carbocycles. The average Bonchev–Trinajstić information content (AvgIpc) is 2.40. The Balaban J connectivity index is 2.19. The monoisotopic (exact) mass is 252 g/mol. The van der Waals surface area contributed by atoms with E-state index in [1.807, 2.05) is 6.08 Å². The first kappa shape index (κ1) is 12.8. The lowest BCUT2D eigenvalue weighted by atomic mass is 10.1. The van der Waals surface area contributed by atoms with Crippen LogP contribution in [0, 0.1) is 0 Å². The van der Waals surface area contributed by atoms with Crippen LogP contribution in [-0.4, -0.2) is 8.07 Å². The molecule has 0 radical (unpaired) electrons. The first-order valence-electron chi connectivity index (χ1n) is 6.39. The van der Waals surface area contributed by atoms with E-state index in [0.29, 0.717) is 0 Å². The summed E-state index contributed by atoms with van der Waals surface area (Å²) in [6.45, 7) is 8.66. The third-order valence-electron chi connectivity index (χ3n) is 3.42. The Kier molecular flexibility index (Phi) is 3.83. The maximum atomic E-state index is 3.79. The molecular formula is C17H20Si. The molecule has 0 heterocycles. The molecule has 0 nitrogen and oxygen atoms in total. The Labute approximate surface area is 111 Å². The van der Waals surface area contributed by atoms with E-state index in [1.54, 1.807) is 0 Å². The Morgan fingerprint density at radius 2 is 1.56 bits per heavy atom. The van der Waals surface area contributed by atoms with Crippen LogP contribution in [0.4, 0.5) is 0 Å². The highest BCUT2D eigenvalue weighted by atomic mass is 28.3. The fourth-order valence-corrected chi connectivity index (χ4v) is 4.83. The topological polar surface area (TPSA) is 0 Å². The molecule has 0 amide bonds. The van der Waals surface area contributed by atoms with Crippen molar-refractivity contribution >= 4 is 19.3 Å². The van der Waals surface area contributed by atoms with Crippen LogP contribution < -0.4 is 5.19 Å². The highest BCUT2D eigenvalue weighted by Crippen LogP contribution is 2.14. The van der Waals surface area contributed by atoms with Crippen molar-refractivity contribution < 1.29 is 0 Å². The lowest BCUT2D eigenvalue weighted by Crippen LogP contribution is -2.43. The Morgan fingerprint density at radius 1 is 0.944 bits per heavy atom. The lowest BCUT2D eigenvalue weighted by Gasteiger charge is -2.23. The van der Waals surface area contributed by atoms with Gasteiger partial charge in [0, 0.05) is 0 Å². The zero-order valence-corrected chi connectivity index (χ0v) is 12.2. The van der Waals surface area contributed by atoms with Gasteiger partial charge in [-0.3, -0.25) is 0 Å². The van der Waals surface area contributed by atoms with Gasteiger partial charge in [0.2, 0.25) is 0 Å². The second-order valence-corrected chi connectivity index (χ2v) is 10.1. The van der Waals surface area contributed by atoms with E-state index in [4.69, 9.17) is 0 Å². The fourth-order valence-electron chi connectivity index (χ4n) is 2.27. The van der Waals surface area contributed by atoms with E-state index >= 15 is 0 Å². The van der Waals surface area contributed by atoms with Gasteiger partial charge in [0.25, 0.3) is 0 Å². The maximum Gasteiger partial charge on any atom is 0.0849 e. The van der Waals surface area contributed by atoms with Crippen LogP contribution in [0.1, 0.15) is 11.1 Å². The number of rotatable bonds is 4. The number of hydrogen-bond acceptors (Lipinski definition) is 0. The summed E-state index contributed by atoms with van der Waals surface area (Å²) in [7, 11) is -1.37. The summed E-state index contributed by atoms with van der Waals surface area (Å²) in [5.41, 5.74) is 2.62. The fraction of sp³-hybridized carbons (Fsp3) is 0.176. The van der Waals surface area contributed by atoms with Crippen molar-refractivity contribution in [3.8, 4) is 0 Å². The SMILES string of the molecule is C=Cc1ccc(C[Si](C)(C)c2ccccc2)cc1. The van der Waals surface area contributed by atoms with Gasteiger partial charge in [-0.2, -0.15) is 0 Å². The maximum absolute atomic E-state index is 3.79. The summed E-state index contributed by atoms with van der Waals surface area (Å²) in [6.07, 6.45) is 1.89. The minimum Gasteiger partial charge on any atom is -0.0985 e. The molecule has 0 bridgehead atoms. The molecule has 0 spiro atoms. The van der Waals surface area contributed by atoms with Gasteiger partial charge in [-0.15, -0.1) is 0 Å². The first-order chi connectivity index (χ1) is 8.62. The van der Waals surface area contributed by atoms with Crippen LogP contribution in [0.2, 0.25) is 13.1 Å². The van der Waals surface area contributed by atoms with Gasteiger partial charge in [0.1, 0.15) is 0 Å². The van der Waals surface area contributed by atoms with E-state index in [2.05, 4.69) is 74.3 Å². The van der Waals surface area contributed by atoms with Gasteiger partial charge in [-0.25, -0.2) is 0 Å². The molecule has 0 atom stereocenters. The van der Waals surface area contributed by atoms with Crippen LogP contribution in [0.25, 0.3) is 6.08 Å². The summed E-state index contributed by atoms with van der Waals surface area (Å²) < 4.78 is 0. The molecule has 2 aromatic carbocycles. The van der Waals surface area contributed by atoms with Gasteiger partial charge in [0.15, 0.2) is 0 Å². The minimum absolute atomic E-state index is 1.19. The molecule has 0 aliphatic rings. The van der Waals surface area contributed by atoms with Crippen LogP contribution >= 0.6 is 0 Å². The summed E-state index contributed by atoms with van der Waals surface area (Å²) in [5.74, 6) is 0. The third-order valence-corrected chi connectivity index (χ3v) is 6.61. The van der Waals surface area contributed by atoms with Crippen molar-refractivity contribution in [1.29, 1.82) is 0 Å². The summed E-state index contributed by atoms with van der Waals surface area (Å²) in [6, 6.07) is 20.9. The van der Waals surface area contributed by atoms with Crippen LogP contribution in [0.5, 0.6) is 0 Å². The molecule has 92 valence electrons. The predicted molar refractivity (Wildman–Crippen MR) is 83.8 cm³/mol. The zero-order valence-electron chi connectivity index (χ0n) is 11.2. The van der Waals surface area contributed by atoms with Gasteiger partial charge in [-0.05, 0) is 11.6 Å². The summed E-state index contributed by atoms with van der Waals surface area (Å²) >= 11 is 0. The van der Waals surface area contributed by atoms with Crippen molar-refractivity contribution in [1.82, 2.24) is 0 Å². The number of hydrogen-bond donors (Lipinski definition) is 0. The van der Waals surface area contributed by atoms with E-state index < -0.39 is 8.07 Å². The molecule has 0 fully saturated rings. The Hall–Kier alpha value is -1.60. The van der Waals surface area contributed by atoms with Crippen molar-refractivity contribution in [3.63, 3.8) is 0 Å². The van der Waals surface area contributed by atoms with Crippen molar-refractivity contribution in [2.24, 2.45) is 0 Å². The quantitative estimate of drug-likeness (QED) is 0.721. The zero-order chi connectivity index (χ0) is 13.0. The third kappa shape index (κ3) is 2.99. The van der Waals surface area contributed by atoms with E-state index in [1.165, 1.54) is 22.4 Å². The van der Waals surface area contributed by atoms with Gasteiger partial charge < -0.3 is 0 Å². The smallest absolute Gasteiger partial charge is 0.0849 e. The van der Waals surface area contributed by atoms with Crippen LogP contribution in [0.3, 0.4) is 0 Å². The van der Waals surface area contributed by atoms with Crippen molar-refractivity contribution in [3.05, 3.63) is 72.3 Å². The minimum atomic E-state index is -1.37. The van der Waals surface area contributed by atoms with Crippen LogP contribution in [0.15, 0.2) is 61.2 Å². The van der Waals surface area contributed by atoms with Gasteiger partial charge in [0.05, 0.1) is 8.07 Å². The Bertz CT molecular complexity index is 509. The molecule has 2 rings (SSSR count). The standard InChI is InChI=1S/C17H20Si/c1-4-15-10-12-16(13-11-15)14-18(2,3)17-8-6-5-7-9-17/h4-13H,1,14H2,2-3H3. The normalized spacial score (nSPS) is 11.2. The van der Waals surface area contributed by atoms with Crippen LogP contribution in [-0.2, 0) is 6.04 Å². The first-order valence-corrected chi connectivity index (χ1v) is 9.59. The summed E-state index contributed by atoms with van der Waals surface area (Å²) in [5, 5.41) is 1.53. The molecule has 0 N–H and O–H groups in total. The summed E-state index contributed by atoms with van der Waals surface area (Å²) in [4.78, 5) is 0.